The van der Waals surface area contributed by atoms with E-state index in [4.69, 9.17) is 16.7 Å². The van der Waals surface area contributed by atoms with Crippen LogP contribution in [-0.4, -0.2) is 33.1 Å². The van der Waals surface area contributed by atoms with Crippen molar-refractivity contribution in [2.24, 2.45) is 11.3 Å². The molecule has 0 saturated heterocycles. The summed E-state index contributed by atoms with van der Waals surface area (Å²) in [5.74, 6) is -4.48. The summed E-state index contributed by atoms with van der Waals surface area (Å²) in [6, 6.07) is 2.00. The summed E-state index contributed by atoms with van der Waals surface area (Å²) >= 11 is 6.52. The minimum Gasteiger partial charge on any atom is -0.481 e. The lowest BCUT2D eigenvalue weighted by molar-refractivity contribution is -0.138. The number of fused-ring (bicyclic) bond motifs is 1. The van der Waals surface area contributed by atoms with E-state index in [-0.39, 0.29) is 46.3 Å². The lowest BCUT2D eigenvalue weighted by atomic mass is 9.68. The number of Topliss-reactive ketones (excluding diaryl/α,β-unsaturated/α-hetero) is 2. The number of aromatic nitrogens is 1. The molecular formula is C27H29ClF2N2O5. The fourth-order valence-corrected chi connectivity index (χ4v) is 5.89. The van der Waals surface area contributed by atoms with E-state index in [1.54, 1.807) is 4.57 Å². The molecule has 4 rings (SSSR count). The molecule has 1 fully saturated rings. The third-order valence-corrected chi connectivity index (χ3v) is 8.07. The highest BCUT2D eigenvalue weighted by molar-refractivity contribution is 6.48. The summed E-state index contributed by atoms with van der Waals surface area (Å²) in [6.07, 6.45) is 3.85. The molecule has 1 aliphatic heterocycles. The number of carbonyl (C=O) groups is 4. The van der Waals surface area contributed by atoms with Crippen molar-refractivity contribution in [1.29, 1.82) is 0 Å². The quantitative estimate of drug-likeness (QED) is 0.332. The van der Waals surface area contributed by atoms with Crippen LogP contribution in [0, 0.1) is 29.9 Å². The highest BCUT2D eigenvalue weighted by atomic mass is 35.5. The van der Waals surface area contributed by atoms with E-state index in [0.29, 0.717) is 50.8 Å². The number of carboxylic acid groups (broad SMARTS) is 1. The smallest absolute Gasteiger partial charge is 0.303 e. The Bertz CT molecular complexity index is 1270. The third kappa shape index (κ3) is 5.46. The molecule has 2 aromatic rings. The predicted octanol–water partition coefficient (Wildman–Crippen LogP) is 5.74. The Kier molecular flexibility index (Phi) is 7.55. The standard InChI is InChI=1S/C27H29ClF2N2O5/c1-14-17(29)11-16(12-18(14)30)31-26(37)22-19-4-3-9-32(19)24(23(22)28)25(36)20(33)13-27(2)7-5-15(6-8-27)10-21(34)35/h11-12,15H,3-10,13H2,1-2H3,(H,31,37)(H,34,35). The molecule has 198 valence electrons. The number of nitrogens with zero attached hydrogens (tertiary/aromatic N) is 1. The first-order valence-electron chi connectivity index (χ1n) is 12.4. The van der Waals surface area contributed by atoms with Gasteiger partial charge in [0.05, 0.1) is 10.6 Å². The molecule has 0 atom stereocenters. The number of amides is 1. The molecule has 1 saturated carbocycles. The zero-order valence-electron chi connectivity index (χ0n) is 20.8. The second-order valence-corrected chi connectivity index (χ2v) is 10.9. The Morgan fingerprint density at radius 1 is 1.16 bits per heavy atom. The fourth-order valence-electron chi connectivity index (χ4n) is 5.51. The lowest BCUT2D eigenvalue weighted by Crippen LogP contribution is -2.31. The number of anilines is 1. The molecule has 2 heterocycles. The van der Waals surface area contributed by atoms with E-state index < -0.39 is 40.5 Å². The number of rotatable bonds is 8. The van der Waals surface area contributed by atoms with E-state index in [0.717, 1.165) is 12.1 Å². The van der Waals surface area contributed by atoms with Crippen molar-refractivity contribution in [1.82, 2.24) is 4.57 Å². The number of ketones is 2. The number of benzene rings is 1. The molecule has 2 N–H and O–H groups in total. The molecule has 0 radical (unpaired) electrons. The zero-order valence-corrected chi connectivity index (χ0v) is 21.5. The maximum absolute atomic E-state index is 14.0. The average Bonchev–Trinajstić information content (AvgIpc) is 3.37. The first-order chi connectivity index (χ1) is 17.4. The molecule has 0 bridgehead atoms. The molecule has 1 aromatic heterocycles. The van der Waals surface area contributed by atoms with Crippen LogP contribution in [0.25, 0.3) is 0 Å². The molecular weight excluding hydrogens is 506 g/mol. The molecule has 0 spiro atoms. The number of hydrogen-bond donors (Lipinski definition) is 2. The van der Waals surface area contributed by atoms with Crippen LogP contribution in [0.5, 0.6) is 0 Å². The van der Waals surface area contributed by atoms with Crippen LogP contribution < -0.4 is 5.32 Å². The first-order valence-corrected chi connectivity index (χ1v) is 12.7. The highest BCUT2D eigenvalue weighted by Gasteiger charge is 2.38. The number of aliphatic carboxylic acids is 1. The molecule has 37 heavy (non-hydrogen) atoms. The van der Waals surface area contributed by atoms with Gasteiger partial charge in [-0.15, -0.1) is 0 Å². The van der Waals surface area contributed by atoms with Crippen molar-refractivity contribution in [3.05, 3.63) is 51.3 Å². The van der Waals surface area contributed by atoms with Crippen LogP contribution in [-0.2, 0) is 22.6 Å². The number of halogens is 3. The van der Waals surface area contributed by atoms with Crippen molar-refractivity contribution in [2.45, 2.75) is 71.8 Å². The summed E-state index contributed by atoms with van der Waals surface area (Å²) in [4.78, 5) is 50.5. The van der Waals surface area contributed by atoms with Crippen LogP contribution in [0.3, 0.4) is 0 Å². The average molecular weight is 535 g/mol. The van der Waals surface area contributed by atoms with Gasteiger partial charge in [0.1, 0.15) is 17.3 Å². The molecule has 0 unspecified atom stereocenters. The van der Waals surface area contributed by atoms with Gasteiger partial charge in [-0.25, -0.2) is 8.78 Å². The van der Waals surface area contributed by atoms with Gasteiger partial charge in [-0.1, -0.05) is 18.5 Å². The normalized spacial score (nSPS) is 20.9. The Morgan fingerprint density at radius 2 is 1.78 bits per heavy atom. The summed E-state index contributed by atoms with van der Waals surface area (Å²) in [6.45, 7) is 3.63. The molecule has 10 heteroatoms. The van der Waals surface area contributed by atoms with Gasteiger partial charge >= 0.3 is 5.97 Å². The monoisotopic (exact) mass is 534 g/mol. The Balaban J connectivity index is 1.53. The van der Waals surface area contributed by atoms with E-state index in [1.807, 2.05) is 6.92 Å². The molecule has 7 nitrogen and oxygen atoms in total. The van der Waals surface area contributed by atoms with Crippen LogP contribution in [0.2, 0.25) is 5.02 Å². The summed E-state index contributed by atoms with van der Waals surface area (Å²) in [5.41, 5.74) is -0.182. The van der Waals surface area contributed by atoms with Gasteiger partial charge in [-0.2, -0.15) is 0 Å². The minimum atomic E-state index is -0.839. The van der Waals surface area contributed by atoms with E-state index >= 15 is 0 Å². The lowest BCUT2D eigenvalue weighted by Gasteiger charge is -2.36. The van der Waals surface area contributed by atoms with Gasteiger partial charge < -0.3 is 15.0 Å². The van der Waals surface area contributed by atoms with Crippen molar-refractivity contribution in [3.63, 3.8) is 0 Å². The fraction of sp³-hybridized carbons (Fsp3) is 0.481. The van der Waals surface area contributed by atoms with Crippen molar-refractivity contribution < 1.29 is 33.1 Å². The summed E-state index contributed by atoms with van der Waals surface area (Å²) in [5, 5.41) is 11.3. The number of carbonyl (C=O) groups excluding carboxylic acids is 3. The largest absolute Gasteiger partial charge is 0.481 e. The van der Waals surface area contributed by atoms with Crippen molar-refractivity contribution in [2.75, 3.05) is 5.32 Å². The first kappa shape index (κ1) is 27.0. The van der Waals surface area contributed by atoms with Gasteiger partial charge in [0.2, 0.25) is 11.6 Å². The van der Waals surface area contributed by atoms with Crippen LogP contribution in [0.15, 0.2) is 12.1 Å². The molecule has 2 aliphatic rings. The van der Waals surface area contributed by atoms with E-state index in [9.17, 15) is 28.0 Å². The van der Waals surface area contributed by atoms with Crippen LogP contribution in [0.4, 0.5) is 14.5 Å². The Labute approximate surface area is 218 Å². The maximum Gasteiger partial charge on any atom is 0.303 e. The van der Waals surface area contributed by atoms with Crippen molar-refractivity contribution >= 4 is 40.7 Å². The minimum absolute atomic E-state index is 0.00587. The topological polar surface area (TPSA) is 105 Å². The van der Waals surface area contributed by atoms with Gasteiger partial charge in [0, 0.05) is 36.3 Å². The van der Waals surface area contributed by atoms with Gasteiger partial charge in [0.15, 0.2) is 0 Å². The van der Waals surface area contributed by atoms with E-state index in [2.05, 4.69) is 5.32 Å². The summed E-state index contributed by atoms with van der Waals surface area (Å²) in [7, 11) is 0. The van der Waals surface area contributed by atoms with Gasteiger partial charge in [-0.3, -0.25) is 19.2 Å². The van der Waals surface area contributed by atoms with Crippen molar-refractivity contribution in [3.8, 4) is 0 Å². The number of nitrogens with one attached hydrogen (secondary N) is 1. The molecule has 1 amide bonds. The summed E-state index contributed by atoms with van der Waals surface area (Å²) < 4.78 is 29.5. The second kappa shape index (κ2) is 10.4. The SMILES string of the molecule is Cc1c(F)cc(NC(=O)c2c(Cl)c(C(=O)C(=O)CC3(C)CCC(CC(=O)O)CC3)n3c2CCC3)cc1F. The van der Waals surface area contributed by atoms with Gasteiger partial charge in [-0.05, 0) is 68.9 Å². The third-order valence-electron chi connectivity index (χ3n) is 7.70. The van der Waals surface area contributed by atoms with Crippen LogP contribution >= 0.6 is 11.6 Å². The zero-order chi connectivity index (χ0) is 27.1. The van der Waals surface area contributed by atoms with E-state index in [1.165, 1.54) is 6.92 Å². The highest BCUT2D eigenvalue weighted by Crippen LogP contribution is 2.43. The molecule has 1 aliphatic carbocycles. The Hall–Kier alpha value is -3.07. The number of hydrogen-bond acceptors (Lipinski definition) is 4. The van der Waals surface area contributed by atoms with Gasteiger partial charge in [0.25, 0.3) is 5.91 Å². The Morgan fingerprint density at radius 3 is 2.38 bits per heavy atom. The predicted molar refractivity (Wildman–Crippen MR) is 133 cm³/mol. The number of carboxylic acids is 1. The van der Waals surface area contributed by atoms with Crippen LogP contribution in [0.1, 0.15) is 84.0 Å². The maximum atomic E-state index is 14.0. The second-order valence-electron chi connectivity index (χ2n) is 10.5. The molecule has 1 aromatic carbocycles.